The van der Waals surface area contributed by atoms with Crippen LogP contribution in [0, 0.1) is 5.92 Å². The molecule has 48 heavy (non-hydrogen) atoms. The maximum atomic E-state index is 15.1. The van der Waals surface area contributed by atoms with Gasteiger partial charge in [-0.25, -0.2) is 4.79 Å². The second kappa shape index (κ2) is 11.7. The van der Waals surface area contributed by atoms with Crippen LogP contribution in [0.3, 0.4) is 0 Å². The molecule has 1 N–H and O–H groups in total. The number of para-hydroxylation sites is 2. The molecule has 1 fully saturated rings. The maximum absolute atomic E-state index is 15.1. The minimum atomic E-state index is -1.44. The molecule has 7 heteroatoms. The van der Waals surface area contributed by atoms with E-state index in [9.17, 15) is 4.79 Å². The molecule has 8 rings (SSSR count). The lowest BCUT2D eigenvalue weighted by Crippen LogP contribution is -2.51. The van der Waals surface area contributed by atoms with E-state index in [1.54, 1.807) is 24.3 Å². The molecule has 236 valence electrons. The second-order valence-electron chi connectivity index (χ2n) is 12.3. The Hall–Kier alpha value is -5.95. The van der Waals surface area contributed by atoms with Crippen LogP contribution in [0.15, 0.2) is 140 Å². The molecule has 4 atom stereocenters. The van der Waals surface area contributed by atoms with Crippen molar-refractivity contribution in [2.45, 2.75) is 23.6 Å². The molecule has 5 aromatic carbocycles. The first kappa shape index (κ1) is 29.5. The number of Topliss-reactive ketones (excluding diaryl/α,β-unsaturated/α-hetero) is 1. The summed E-state index contributed by atoms with van der Waals surface area (Å²) >= 11 is 0. The number of esters is 1. The molecule has 5 aromatic rings. The van der Waals surface area contributed by atoms with Gasteiger partial charge in [0.2, 0.25) is 5.91 Å². The summed E-state index contributed by atoms with van der Waals surface area (Å²) in [7, 11) is 1.54. The Bertz CT molecular complexity index is 2040. The maximum Gasteiger partial charge on any atom is 0.330 e. The highest BCUT2D eigenvalue weighted by atomic mass is 16.5. The average Bonchev–Trinajstić information content (AvgIpc) is 3.63. The van der Waals surface area contributed by atoms with Gasteiger partial charge in [0, 0.05) is 16.9 Å². The number of carbonyl (C=O) groups excluding carboxylic acids is 3. The van der Waals surface area contributed by atoms with Gasteiger partial charge < -0.3 is 19.7 Å². The molecule has 0 aliphatic carbocycles. The summed E-state index contributed by atoms with van der Waals surface area (Å²) in [6, 6.07) is 39.3. The van der Waals surface area contributed by atoms with Crippen molar-refractivity contribution in [1.29, 1.82) is 0 Å². The van der Waals surface area contributed by atoms with Gasteiger partial charge in [0.1, 0.15) is 17.2 Å². The van der Waals surface area contributed by atoms with Crippen molar-refractivity contribution in [3.8, 4) is 5.75 Å². The number of benzene rings is 5. The highest BCUT2D eigenvalue weighted by molar-refractivity contribution is 6.16. The minimum Gasteiger partial charge on any atom is -0.497 e. The number of ether oxygens (including phenoxy) is 2. The molecule has 0 radical (unpaired) electrons. The Balaban J connectivity index is 1.36. The quantitative estimate of drug-likeness (QED) is 0.154. The lowest BCUT2D eigenvalue weighted by atomic mass is 9.64. The number of methoxy groups -OCH3 is 1. The zero-order valence-electron chi connectivity index (χ0n) is 26.2. The molecule has 0 bridgehead atoms. The first-order valence-corrected chi connectivity index (χ1v) is 16.0. The molecule has 1 unspecified atom stereocenters. The van der Waals surface area contributed by atoms with E-state index in [0.717, 1.165) is 22.4 Å². The number of anilines is 2. The van der Waals surface area contributed by atoms with Crippen LogP contribution in [0.25, 0.3) is 6.08 Å². The Labute approximate surface area is 278 Å². The van der Waals surface area contributed by atoms with E-state index in [1.807, 2.05) is 126 Å². The van der Waals surface area contributed by atoms with Crippen LogP contribution < -0.4 is 15.0 Å². The summed E-state index contributed by atoms with van der Waals surface area (Å²) in [5, 5.41) is 3.07. The summed E-state index contributed by atoms with van der Waals surface area (Å²) in [6.45, 7) is 0. The van der Waals surface area contributed by atoms with Crippen molar-refractivity contribution in [2.24, 2.45) is 5.92 Å². The molecule has 1 saturated heterocycles. The van der Waals surface area contributed by atoms with Gasteiger partial charge in [0.15, 0.2) is 11.9 Å². The van der Waals surface area contributed by atoms with Gasteiger partial charge in [-0.05, 0) is 46.5 Å². The van der Waals surface area contributed by atoms with Gasteiger partial charge in [-0.1, -0.05) is 121 Å². The summed E-state index contributed by atoms with van der Waals surface area (Å²) in [4.78, 5) is 46.8. The van der Waals surface area contributed by atoms with Crippen LogP contribution >= 0.6 is 0 Å². The van der Waals surface area contributed by atoms with Crippen molar-refractivity contribution in [2.75, 3.05) is 17.3 Å². The Kier molecular flexibility index (Phi) is 7.17. The van der Waals surface area contributed by atoms with E-state index in [-0.39, 0.29) is 11.7 Å². The Morgan fingerprint density at radius 3 is 2.19 bits per heavy atom. The summed E-state index contributed by atoms with van der Waals surface area (Å²) < 4.78 is 12.0. The van der Waals surface area contributed by atoms with E-state index >= 15 is 9.59 Å². The lowest BCUT2D eigenvalue weighted by Gasteiger charge is -2.37. The predicted octanol–water partition coefficient (Wildman–Crippen LogP) is 7.00. The minimum absolute atomic E-state index is 0.332. The third-order valence-corrected chi connectivity index (χ3v) is 9.86. The van der Waals surface area contributed by atoms with Gasteiger partial charge in [-0.2, -0.15) is 0 Å². The van der Waals surface area contributed by atoms with Crippen molar-refractivity contribution < 1.29 is 23.9 Å². The molecule has 3 aliphatic heterocycles. The third-order valence-electron chi connectivity index (χ3n) is 9.86. The summed E-state index contributed by atoms with van der Waals surface area (Å²) in [5.74, 6) is -1.94. The topological polar surface area (TPSA) is 84.9 Å². The third kappa shape index (κ3) is 4.46. The first-order valence-electron chi connectivity index (χ1n) is 16.0. The molecule has 3 heterocycles. The zero-order valence-corrected chi connectivity index (χ0v) is 26.2. The second-order valence-corrected chi connectivity index (χ2v) is 12.3. The van der Waals surface area contributed by atoms with Crippen LogP contribution in [0.2, 0.25) is 0 Å². The van der Waals surface area contributed by atoms with Crippen molar-refractivity contribution in [3.63, 3.8) is 0 Å². The number of amides is 1. The largest absolute Gasteiger partial charge is 0.497 e. The molecule has 1 spiro atoms. The van der Waals surface area contributed by atoms with Crippen LogP contribution in [-0.4, -0.2) is 36.9 Å². The number of nitrogens with zero attached hydrogens (tertiary/aromatic N) is 1. The number of hydrogen-bond donors (Lipinski definition) is 1. The molecular weight excluding hydrogens is 600 g/mol. The fourth-order valence-corrected chi connectivity index (χ4v) is 7.82. The first-order chi connectivity index (χ1) is 23.5. The number of fused-ring (bicyclic) bond motifs is 6. The number of rotatable bonds is 7. The fourth-order valence-electron chi connectivity index (χ4n) is 7.82. The van der Waals surface area contributed by atoms with Gasteiger partial charge in [-0.15, -0.1) is 0 Å². The van der Waals surface area contributed by atoms with Crippen LogP contribution in [0.4, 0.5) is 11.4 Å². The van der Waals surface area contributed by atoms with E-state index in [0.29, 0.717) is 22.6 Å². The summed E-state index contributed by atoms with van der Waals surface area (Å²) in [5.41, 5.74) is 3.41. The van der Waals surface area contributed by atoms with Crippen molar-refractivity contribution >= 4 is 35.1 Å². The number of hydrogen-bond acceptors (Lipinski definition) is 6. The molecular formula is C41H32N2O5. The van der Waals surface area contributed by atoms with E-state index < -0.39 is 35.5 Å². The molecule has 1 amide bonds. The van der Waals surface area contributed by atoms with Gasteiger partial charge in [-0.3, -0.25) is 9.59 Å². The monoisotopic (exact) mass is 632 g/mol. The van der Waals surface area contributed by atoms with Crippen molar-refractivity contribution in [1.82, 2.24) is 0 Å². The zero-order chi connectivity index (χ0) is 32.8. The highest BCUT2D eigenvalue weighted by Crippen LogP contribution is 2.58. The van der Waals surface area contributed by atoms with E-state index in [1.165, 1.54) is 7.11 Å². The smallest absolute Gasteiger partial charge is 0.330 e. The molecule has 3 aliphatic rings. The fraction of sp³-hybridized carbons (Fsp3) is 0.146. The van der Waals surface area contributed by atoms with E-state index in [2.05, 4.69) is 5.32 Å². The molecule has 0 aromatic heterocycles. The van der Waals surface area contributed by atoms with Gasteiger partial charge >= 0.3 is 5.97 Å². The number of carbonyl (C=O) groups is 3. The Morgan fingerprint density at radius 1 is 0.792 bits per heavy atom. The lowest BCUT2D eigenvalue weighted by molar-refractivity contribution is -0.150. The highest BCUT2D eigenvalue weighted by Gasteiger charge is 2.71. The number of ketones is 1. The van der Waals surface area contributed by atoms with Crippen LogP contribution in [0.5, 0.6) is 5.75 Å². The van der Waals surface area contributed by atoms with Crippen molar-refractivity contribution in [3.05, 3.63) is 167 Å². The summed E-state index contributed by atoms with van der Waals surface area (Å²) in [6.07, 6.45) is 3.18. The van der Waals surface area contributed by atoms with Crippen LogP contribution in [-0.2, 0) is 19.7 Å². The molecule has 7 nitrogen and oxygen atoms in total. The van der Waals surface area contributed by atoms with Gasteiger partial charge in [0.25, 0.3) is 0 Å². The SMILES string of the molecule is COc1cccc(C(=O)[C@@H]2[C@H](C(=O)OC(c3ccccc3)c3ccccc3)N3c4ccccc4C=CC3[C@@]23C(=O)Nc2ccccc23)c1. The number of nitrogens with one attached hydrogen (secondary N) is 1. The van der Waals surface area contributed by atoms with Crippen LogP contribution in [0.1, 0.15) is 38.7 Å². The predicted molar refractivity (Wildman–Crippen MR) is 184 cm³/mol. The standard InChI is InChI=1S/C41H32N2O5/c1-47-30-19-12-18-29(25-30)37(44)35-36(39(45)48-38(27-14-4-2-5-15-27)28-16-6-3-7-17-28)43-33-22-11-8-13-26(33)23-24-34(43)41(35)31-20-9-10-21-32(31)42-40(41)46/h2-25,34-36,38H,1H3,(H,42,46)/t34?,35-,36+,41+/m0/s1. The van der Waals surface area contributed by atoms with Gasteiger partial charge in [0.05, 0.1) is 19.1 Å². The normalized spacial score (nSPS) is 21.8. The van der Waals surface area contributed by atoms with E-state index in [4.69, 9.17) is 9.47 Å². The molecule has 0 saturated carbocycles. The average molecular weight is 633 g/mol. The Morgan fingerprint density at radius 2 is 1.46 bits per heavy atom.